The molecule has 0 aliphatic heterocycles. The molecule has 0 aliphatic rings. The number of nitrogens with zero attached hydrogens (tertiary/aromatic N) is 1. The van der Waals surface area contributed by atoms with Gasteiger partial charge in [0.25, 0.3) is 0 Å². The van der Waals surface area contributed by atoms with Crippen LogP contribution in [0.25, 0.3) is 0 Å². The van der Waals surface area contributed by atoms with Crippen LogP contribution in [0.15, 0.2) is 35.7 Å². The molecule has 0 radical (unpaired) electrons. The van der Waals surface area contributed by atoms with Crippen molar-refractivity contribution in [3.05, 3.63) is 47.0 Å². The zero-order valence-corrected chi connectivity index (χ0v) is 12.0. The summed E-state index contributed by atoms with van der Waals surface area (Å²) >= 11 is 1.38. The summed E-state index contributed by atoms with van der Waals surface area (Å²) in [5.41, 5.74) is 1.84. The van der Waals surface area contributed by atoms with E-state index in [-0.39, 0.29) is 18.7 Å². The number of amides is 2. The Hall–Kier alpha value is -1.92. The van der Waals surface area contributed by atoms with Crippen LogP contribution in [0.2, 0.25) is 0 Å². The molecule has 3 N–H and O–H groups in total. The summed E-state index contributed by atoms with van der Waals surface area (Å²) < 4.78 is 0. The van der Waals surface area contributed by atoms with Gasteiger partial charge in [0.1, 0.15) is 0 Å². The van der Waals surface area contributed by atoms with Gasteiger partial charge in [0.15, 0.2) is 5.13 Å². The van der Waals surface area contributed by atoms with Gasteiger partial charge in [-0.05, 0) is 18.9 Å². The van der Waals surface area contributed by atoms with E-state index < -0.39 is 0 Å². The molecule has 0 unspecified atom stereocenters. The van der Waals surface area contributed by atoms with Gasteiger partial charge in [-0.3, -0.25) is 5.32 Å². The molecule has 0 spiro atoms. The summed E-state index contributed by atoms with van der Waals surface area (Å²) in [6, 6.07) is 9.04. The van der Waals surface area contributed by atoms with Crippen LogP contribution in [0.4, 0.5) is 9.93 Å². The van der Waals surface area contributed by atoms with Gasteiger partial charge in [-0.25, -0.2) is 9.78 Å². The normalized spacial score (nSPS) is 11.9. The van der Waals surface area contributed by atoms with Crippen molar-refractivity contribution in [1.82, 2.24) is 10.3 Å². The molecule has 2 amide bonds. The molecule has 20 heavy (non-hydrogen) atoms. The predicted octanol–water partition coefficient (Wildman–Crippen LogP) is 2.70. The number of nitrogens with one attached hydrogen (secondary N) is 2. The van der Waals surface area contributed by atoms with Crippen molar-refractivity contribution in [2.24, 2.45) is 0 Å². The number of carbonyl (C=O) groups is 1. The highest BCUT2D eigenvalue weighted by molar-refractivity contribution is 7.13. The van der Waals surface area contributed by atoms with Crippen LogP contribution in [0, 0.1) is 6.92 Å². The largest absolute Gasteiger partial charge is 0.396 e. The number of aliphatic hydroxyl groups is 1. The van der Waals surface area contributed by atoms with E-state index in [0.717, 1.165) is 11.3 Å². The van der Waals surface area contributed by atoms with Crippen molar-refractivity contribution in [2.45, 2.75) is 19.4 Å². The van der Waals surface area contributed by atoms with Gasteiger partial charge in [-0.1, -0.05) is 30.3 Å². The maximum Gasteiger partial charge on any atom is 0.321 e. The van der Waals surface area contributed by atoms with Gasteiger partial charge < -0.3 is 10.4 Å². The third kappa shape index (κ3) is 4.04. The second kappa shape index (κ2) is 7.02. The highest BCUT2D eigenvalue weighted by Crippen LogP contribution is 2.17. The van der Waals surface area contributed by atoms with Crippen molar-refractivity contribution in [3.8, 4) is 0 Å². The molecular weight excluding hydrogens is 274 g/mol. The van der Waals surface area contributed by atoms with Crippen molar-refractivity contribution in [2.75, 3.05) is 11.9 Å². The number of aliphatic hydroxyl groups excluding tert-OH is 1. The fourth-order valence-corrected chi connectivity index (χ4v) is 2.52. The van der Waals surface area contributed by atoms with E-state index >= 15 is 0 Å². The second-order valence-electron chi connectivity index (χ2n) is 4.37. The number of thiazole rings is 1. The Labute approximate surface area is 121 Å². The first-order valence-electron chi connectivity index (χ1n) is 6.34. The van der Waals surface area contributed by atoms with Crippen LogP contribution in [-0.2, 0) is 0 Å². The summed E-state index contributed by atoms with van der Waals surface area (Å²) in [4.78, 5) is 16.1. The number of rotatable bonds is 5. The van der Waals surface area contributed by atoms with Crippen LogP contribution in [0.1, 0.15) is 23.7 Å². The topological polar surface area (TPSA) is 74.2 Å². The van der Waals surface area contributed by atoms with E-state index in [1.807, 2.05) is 42.6 Å². The first-order valence-corrected chi connectivity index (χ1v) is 7.22. The fourth-order valence-electron chi connectivity index (χ4n) is 1.84. The summed E-state index contributed by atoms with van der Waals surface area (Å²) in [6.07, 6.45) is 0.467. The van der Waals surface area contributed by atoms with Crippen LogP contribution in [-0.4, -0.2) is 22.7 Å². The van der Waals surface area contributed by atoms with E-state index in [9.17, 15) is 4.79 Å². The molecule has 2 rings (SSSR count). The average molecular weight is 291 g/mol. The number of carbonyl (C=O) groups excluding carboxylic acids is 1. The SMILES string of the molecule is Cc1csc(NC(=O)N[C@H](CCO)c2ccccc2)n1. The van der Waals surface area contributed by atoms with Gasteiger partial charge in [0, 0.05) is 12.0 Å². The molecule has 6 heteroatoms. The lowest BCUT2D eigenvalue weighted by Crippen LogP contribution is -2.33. The molecule has 0 saturated heterocycles. The molecular formula is C14H17N3O2S. The monoisotopic (exact) mass is 291 g/mol. The second-order valence-corrected chi connectivity index (χ2v) is 5.23. The number of hydrogen-bond donors (Lipinski definition) is 3. The number of benzene rings is 1. The van der Waals surface area contributed by atoms with E-state index in [4.69, 9.17) is 5.11 Å². The molecule has 2 aromatic rings. The minimum absolute atomic E-state index is 0.0101. The molecule has 0 bridgehead atoms. The Morgan fingerprint density at radius 3 is 2.75 bits per heavy atom. The van der Waals surface area contributed by atoms with E-state index in [0.29, 0.717) is 11.6 Å². The molecule has 106 valence electrons. The standard InChI is InChI=1S/C14H17N3O2S/c1-10-9-20-14(15-10)17-13(19)16-12(7-8-18)11-5-3-2-4-6-11/h2-6,9,12,18H,7-8H2,1H3,(H2,15,16,17,19)/t12-/m1/s1. The Bertz CT molecular complexity index is 557. The number of aryl methyl sites for hydroxylation is 1. The van der Waals surface area contributed by atoms with Gasteiger partial charge in [-0.15, -0.1) is 11.3 Å². The third-order valence-corrected chi connectivity index (χ3v) is 3.64. The number of aromatic nitrogens is 1. The third-order valence-electron chi connectivity index (χ3n) is 2.76. The van der Waals surface area contributed by atoms with Crippen LogP contribution in [0.5, 0.6) is 0 Å². The Morgan fingerprint density at radius 2 is 2.15 bits per heavy atom. The van der Waals surface area contributed by atoms with Crippen LogP contribution >= 0.6 is 11.3 Å². The number of urea groups is 1. The van der Waals surface area contributed by atoms with E-state index in [1.165, 1.54) is 11.3 Å². The maximum atomic E-state index is 11.9. The minimum atomic E-state index is -0.318. The minimum Gasteiger partial charge on any atom is -0.396 e. The lowest BCUT2D eigenvalue weighted by molar-refractivity contribution is 0.239. The first-order chi connectivity index (χ1) is 9.69. The quantitative estimate of drug-likeness (QED) is 0.793. The van der Waals surface area contributed by atoms with Gasteiger partial charge >= 0.3 is 6.03 Å². The lowest BCUT2D eigenvalue weighted by Gasteiger charge is -2.18. The molecule has 0 aliphatic carbocycles. The maximum absolute atomic E-state index is 11.9. The average Bonchev–Trinajstić information content (AvgIpc) is 2.84. The van der Waals surface area contributed by atoms with Crippen molar-refractivity contribution < 1.29 is 9.90 Å². The Morgan fingerprint density at radius 1 is 1.40 bits per heavy atom. The highest BCUT2D eigenvalue weighted by atomic mass is 32.1. The fraction of sp³-hybridized carbons (Fsp3) is 0.286. The smallest absolute Gasteiger partial charge is 0.321 e. The van der Waals surface area contributed by atoms with Crippen molar-refractivity contribution >= 4 is 22.5 Å². The predicted molar refractivity (Wildman–Crippen MR) is 79.9 cm³/mol. The number of anilines is 1. The van der Waals surface area contributed by atoms with Gasteiger partial charge in [-0.2, -0.15) is 0 Å². The van der Waals surface area contributed by atoms with E-state index in [2.05, 4.69) is 15.6 Å². The Kier molecular flexibility index (Phi) is 5.09. The molecule has 0 saturated carbocycles. The first kappa shape index (κ1) is 14.5. The van der Waals surface area contributed by atoms with Crippen LogP contribution < -0.4 is 10.6 Å². The zero-order valence-electron chi connectivity index (χ0n) is 11.2. The Balaban J connectivity index is 1.99. The molecule has 0 fully saturated rings. The molecule has 1 aromatic carbocycles. The van der Waals surface area contributed by atoms with Gasteiger partial charge in [0.05, 0.1) is 11.7 Å². The van der Waals surface area contributed by atoms with Crippen molar-refractivity contribution in [1.29, 1.82) is 0 Å². The zero-order chi connectivity index (χ0) is 14.4. The highest BCUT2D eigenvalue weighted by Gasteiger charge is 2.14. The van der Waals surface area contributed by atoms with Gasteiger partial charge in [0.2, 0.25) is 0 Å². The number of hydrogen-bond acceptors (Lipinski definition) is 4. The molecule has 1 heterocycles. The lowest BCUT2D eigenvalue weighted by atomic mass is 10.0. The van der Waals surface area contributed by atoms with E-state index in [1.54, 1.807) is 0 Å². The summed E-state index contributed by atoms with van der Waals surface area (Å²) in [5.74, 6) is 0. The van der Waals surface area contributed by atoms with Crippen LogP contribution in [0.3, 0.4) is 0 Å². The summed E-state index contributed by atoms with van der Waals surface area (Å²) in [7, 11) is 0. The molecule has 1 aromatic heterocycles. The van der Waals surface area contributed by atoms with Crippen molar-refractivity contribution in [3.63, 3.8) is 0 Å². The summed E-state index contributed by atoms with van der Waals surface area (Å²) in [5, 5.41) is 17.1. The molecule has 5 nitrogen and oxygen atoms in total. The summed E-state index contributed by atoms with van der Waals surface area (Å²) in [6.45, 7) is 1.88. The molecule has 1 atom stereocenters.